The van der Waals surface area contributed by atoms with Crippen molar-refractivity contribution >= 4 is 0 Å². The van der Waals surface area contributed by atoms with E-state index < -0.39 is 0 Å². The van der Waals surface area contributed by atoms with Crippen LogP contribution >= 0.6 is 0 Å². The molecule has 0 saturated carbocycles. The molecule has 1 aromatic rings. The molecular weight excluding hydrogens is 162 g/mol. The standard InChI is InChI=1S/C11H17NO/c1-4-5-6-10-9(3)8(2)7-11(13)12-10/h7H,4-6H2,1-3H3,(H,12,13). The summed E-state index contributed by atoms with van der Waals surface area (Å²) in [4.78, 5) is 14.1. The Morgan fingerprint density at radius 2 is 2.08 bits per heavy atom. The van der Waals surface area contributed by atoms with Crippen molar-refractivity contribution in [1.29, 1.82) is 0 Å². The van der Waals surface area contributed by atoms with Crippen LogP contribution in [0.25, 0.3) is 0 Å². The highest BCUT2D eigenvalue weighted by molar-refractivity contribution is 5.27. The van der Waals surface area contributed by atoms with Crippen LogP contribution in [0.3, 0.4) is 0 Å². The van der Waals surface area contributed by atoms with E-state index in [0.717, 1.165) is 30.5 Å². The van der Waals surface area contributed by atoms with E-state index in [1.807, 2.05) is 6.92 Å². The predicted octanol–water partition coefficient (Wildman–Crippen LogP) is 2.33. The summed E-state index contributed by atoms with van der Waals surface area (Å²) in [5.74, 6) is 0. The Kier molecular flexibility index (Phi) is 3.29. The zero-order valence-corrected chi connectivity index (χ0v) is 8.61. The van der Waals surface area contributed by atoms with Crippen molar-refractivity contribution in [3.63, 3.8) is 0 Å². The molecule has 72 valence electrons. The highest BCUT2D eigenvalue weighted by Crippen LogP contribution is 2.10. The van der Waals surface area contributed by atoms with E-state index in [9.17, 15) is 4.79 Å². The Balaban J connectivity index is 2.99. The molecule has 0 fully saturated rings. The lowest BCUT2D eigenvalue weighted by Gasteiger charge is -2.06. The van der Waals surface area contributed by atoms with Crippen LogP contribution < -0.4 is 5.56 Å². The first-order chi connectivity index (χ1) is 6.15. The summed E-state index contributed by atoms with van der Waals surface area (Å²) in [5, 5.41) is 0. The fourth-order valence-corrected chi connectivity index (χ4v) is 1.43. The molecule has 1 aromatic heterocycles. The number of nitrogens with one attached hydrogen (secondary N) is 1. The SMILES string of the molecule is CCCCc1[nH]c(=O)cc(C)c1C. The summed E-state index contributed by atoms with van der Waals surface area (Å²) in [7, 11) is 0. The van der Waals surface area contributed by atoms with E-state index in [1.54, 1.807) is 6.07 Å². The first-order valence-corrected chi connectivity index (χ1v) is 4.84. The lowest BCUT2D eigenvalue weighted by molar-refractivity contribution is 0.767. The zero-order valence-electron chi connectivity index (χ0n) is 8.61. The van der Waals surface area contributed by atoms with Gasteiger partial charge in [0.2, 0.25) is 5.56 Å². The minimum Gasteiger partial charge on any atom is -0.326 e. The maximum Gasteiger partial charge on any atom is 0.248 e. The van der Waals surface area contributed by atoms with Crippen LogP contribution in [-0.2, 0) is 6.42 Å². The van der Waals surface area contributed by atoms with Gasteiger partial charge in [0.05, 0.1) is 0 Å². The molecule has 0 aromatic carbocycles. The Morgan fingerprint density at radius 3 is 2.69 bits per heavy atom. The molecule has 1 heterocycles. The number of rotatable bonds is 3. The molecule has 2 heteroatoms. The van der Waals surface area contributed by atoms with Crippen molar-refractivity contribution in [2.45, 2.75) is 40.0 Å². The number of hydrogen-bond acceptors (Lipinski definition) is 1. The first kappa shape index (κ1) is 10.0. The van der Waals surface area contributed by atoms with Gasteiger partial charge in [-0.15, -0.1) is 0 Å². The fraction of sp³-hybridized carbons (Fsp3) is 0.545. The third-order valence-electron chi connectivity index (χ3n) is 2.45. The smallest absolute Gasteiger partial charge is 0.248 e. The lowest BCUT2D eigenvalue weighted by Crippen LogP contribution is -2.11. The maximum absolute atomic E-state index is 11.2. The molecule has 0 bridgehead atoms. The number of aromatic amines is 1. The van der Waals surface area contributed by atoms with Crippen molar-refractivity contribution in [2.24, 2.45) is 0 Å². The lowest BCUT2D eigenvalue weighted by atomic mass is 10.1. The molecule has 1 N–H and O–H groups in total. The monoisotopic (exact) mass is 179 g/mol. The summed E-state index contributed by atoms with van der Waals surface area (Å²) < 4.78 is 0. The molecule has 0 radical (unpaired) electrons. The van der Waals surface area contributed by atoms with Crippen LogP contribution in [0.5, 0.6) is 0 Å². The topological polar surface area (TPSA) is 32.9 Å². The van der Waals surface area contributed by atoms with Gasteiger partial charge >= 0.3 is 0 Å². The quantitative estimate of drug-likeness (QED) is 0.759. The number of hydrogen-bond donors (Lipinski definition) is 1. The van der Waals surface area contributed by atoms with E-state index in [0.29, 0.717) is 0 Å². The molecule has 0 saturated heterocycles. The largest absolute Gasteiger partial charge is 0.326 e. The van der Waals surface area contributed by atoms with Crippen molar-refractivity contribution in [3.05, 3.63) is 33.2 Å². The van der Waals surface area contributed by atoms with Crippen molar-refractivity contribution in [1.82, 2.24) is 4.98 Å². The number of aryl methyl sites for hydroxylation is 2. The van der Waals surface area contributed by atoms with E-state index >= 15 is 0 Å². The highest BCUT2D eigenvalue weighted by Gasteiger charge is 2.02. The molecule has 2 nitrogen and oxygen atoms in total. The van der Waals surface area contributed by atoms with Gasteiger partial charge in [0, 0.05) is 11.8 Å². The van der Waals surface area contributed by atoms with Crippen molar-refractivity contribution in [3.8, 4) is 0 Å². The third kappa shape index (κ3) is 2.44. The third-order valence-corrected chi connectivity index (χ3v) is 2.45. The summed E-state index contributed by atoms with van der Waals surface area (Å²) >= 11 is 0. The van der Waals surface area contributed by atoms with Gasteiger partial charge in [-0.05, 0) is 37.8 Å². The fourth-order valence-electron chi connectivity index (χ4n) is 1.43. The van der Waals surface area contributed by atoms with Crippen LogP contribution in [0.4, 0.5) is 0 Å². The zero-order chi connectivity index (χ0) is 9.84. The summed E-state index contributed by atoms with van der Waals surface area (Å²) in [6.07, 6.45) is 3.29. The molecule has 0 aliphatic carbocycles. The van der Waals surface area contributed by atoms with Gasteiger partial charge < -0.3 is 4.98 Å². The molecular formula is C11H17NO. The van der Waals surface area contributed by atoms with Crippen molar-refractivity contribution < 1.29 is 0 Å². The average Bonchev–Trinajstić information content (AvgIpc) is 2.09. The maximum atomic E-state index is 11.2. The van der Waals surface area contributed by atoms with E-state index in [4.69, 9.17) is 0 Å². The van der Waals surface area contributed by atoms with Gasteiger partial charge in [-0.1, -0.05) is 13.3 Å². The molecule has 0 amide bonds. The normalized spacial score (nSPS) is 10.4. The van der Waals surface area contributed by atoms with Gasteiger partial charge in [0.25, 0.3) is 0 Å². The second-order valence-corrected chi connectivity index (χ2v) is 3.52. The van der Waals surface area contributed by atoms with Crippen LogP contribution in [-0.4, -0.2) is 4.98 Å². The van der Waals surface area contributed by atoms with Crippen LogP contribution in [0, 0.1) is 13.8 Å². The van der Waals surface area contributed by atoms with Gasteiger partial charge in [0.1, 0.15) is 0 Å². The Hall–Kier alpha value is -1.05. The summed E-state index contributed by atoms with van der Waals surface area (Å²) in [6.45, 7) is 6.21. The highest BCUT2D eigenvalue weighted by atomic mass is 16.1. The minimum atomic E-state index is 0.0224. The molecule has 0 spiro atoms. The second-order valence-electron chi connectivity index (χ2n) is 3.52. The Morgan fingerprint density at radius 1 is 1.38 bits per heavy atom. The minimum absolute atomic E-state index is 0.0224. The Bertz CT molecular complexity index is 338. The number of unbranched alkanes of at least 4 members (excludes halogenated alkanes) is 1. The second kappa shape index (κ2) is 4.26. The van der Waals surface area contributed by atoms with Gasteiger partial charge in [-0.3, -0.25) is 4.79 Å². The van der Waals surface area contributed by atoms with E-state index in [1.165, 1.54) is 5.56 Å². The van der Waals surface area contributed by atoms with E-state index in [2.05, 4.69) is 18.8 Å². The molecule has 0 aliphatic heterocycles. The van der Waals surface area contributed by atoms with Gasteiger partial charge in [-0.25, -0.2) is 0 Å². The molecule has 0 atom stereocenters. The van der Waals surface area contributed by atoms with E-state index in [-0.39, 0.29) is 5.56 Å². The summed E-state index contributed by atoms with van der Waals surface area (Å²) in [6, 6.07) is 1.66. The first-order valence-electron chi connectivity index (χ1n) is 4.84. The summed E-state index contributed by atoms with van der Waals surface area (Å²) in [5.41, 5.74) is 3.45. The average molecular weight is 179 g/mol. The molecule has 13 heavy (non-hydrogen) atoms. The molecule has 0 unspecified atom stereocenters. The molecule has 1 rings (SSSR count). The van der Waals surface area contributed by atoms with Gasteiger partial charge in [-0.2, -0.15) is 0 Å². The molecule has 0 aliphatic rings. The van der Waals surface area contributed by atoms with Crippen molar-refractivity contribution in [2.75, 3.05) is 0 Å². The number of H-pyrrole nitrogens is 1. The number of pyridine rings is 1. The predicted molar refractivity (Wildman–Crippen MR) is 55.1 cm³/mol. The number of aromatic nitrogens is 1. The van der Waals surface area contributed by atoms with Crippen LogP contribution in [0.1, 0.15) is 36.6 Å². The van der Waals surface area contributed by atoms with Crippen LogP contribution in [0.2, 0.25) is 0 Å². The van der Waals surface area contributed by atoms with Crippen LogP contribution in [0.15, 0.2) is 10.9 Å². The van der Waals surface area contributed by atoms with Gasteiger partial charge in [0.15, 0.2) is 0 Å². The Labute approximate surface area is 79.0 Å².